The van der Waals surface area contributed by atoms with Gasteiger partial charge in [0, 0.05) is 49.2 Å². The molecule has 0 radical (unpaired) electrons. The van der Waals surface area contributed by atoms with Crippen molar-refractivity contribution in [2.75, 3.05) is 36.0 Å². The second-order valence-corrected chi connectivity index (χ2v) is 9.42. The van der Waals surface area contributed by atoms with Crippen LogP contribution in [0.1, 0.15) is 50.8 Å². The van der Waals surface area contributed by atoms with Gasteiger partial charge in [-0.05, 0) is 75.7 Å². The first-order valence-electron chi connectivity index (χ1n) is 13.3. The van der Waals surface area contributed by atoms with E-state index in [1.165, 1.54) is 5.69 Å². The number of imidazole rings is 1. The van der Waals surface area contributed by atoms with Crippen LogP contribution in [0.25, 0.3) is 22.7 Å². The van der Waals surface area contributed by atoms with Crippen LogP contribution in [0.2, 0.25) is 0 Å². The highest BCUT2D eigenvalue weighted by Crippen LogP contribution is 2.41. The molecule has 0 unspecified atom stereocenters. The Labute approximate surface area is 218 Å². The zero-order valence-electron chi connectivity index (χ0n) is 22.0. The van der Waals surface area contributed by atoms with E-state index >= 15 is 0 Å². The number of anilines is 2. The minimum Gasteiger partial charge on any atom is -0.438 e. The standard InChI is InChI=1S/C31H33N5O/c1-5-34(6-2)23-16-13-21(14-17-23)29-33-31-25(30-32-26-11-9-10-12-27(26)36(29)30)19-22-15-18-24(20-28(22)37-31)35(7-3)8-4/h9-20,29H,5-8H2,1-4H3/t29-/m0/s1. The number of rotatable bonds is 7. The highest BCUT2D eigenvalue weighted by atomic mass is 16.5. The van der Waals surface area contributed by atoms with Crippen LogP contribution < -0.4 is 14.5 Å². The molecule has 0 aliphatic carbocycles. The van der Waals surface area contributed by atoms with E-state index in [-0.39, 0.29) is 6.17 Å². The molecule has 1 aromatic heterocycles. The maximum absolute atomic E-state index is 6.51. The van der Waals surface area contributed by atoms with Gasteiger partial charge in [-0.3, -0.25) is 4.57 Å². The van der Waals surface area contributed by atoms with E-state index < -0.39 is 0 Å². The third-order valence-corrected chi connectivity index (χ3v) is 7.50. The van der Waals surface area contributed by atoms with Gasteiger partial charge >= 0.3 is 0 Å². The lowest BCUT2D eigenvalue weighted by atomic mass is 10.0. The minimum atomic E-state index is -0.257. The highest BCUT2D eigenvalue weighted by Gasteiger charge is 2.33. The topological polar surface area (TPSA) is 45.9 Å². The summed E-state index contributed by atoms with van der Waals surface area (Å²) in [6, 6.07) is 23.5. The van der Waals surface area contributed by atoms with Crippen LogP contribution in [0.15, 0.2) is 71.7 Å². The fourth-order valence-electron chi connectivity index (χ4n) is 5.47. The van der Waals surface area contributed by atoms with Gasteiger partial charge < -0.3 is 14.5 Å². The highest BCUT2D eigenvalue weighted by molar-refractivity contribution is 6.27. The minimum absolute atomic E-state index is 0.257. The number of aromatic nitrogens is 2. The summed E-state index contributed by atoms with van der Waals surface area (Å²) in [5.41, 5.74) is 7.50. The largest absolute Gasteiger partial charge is 0.438 e. The van der Waals surface area contributed by atoms with Gasteiger partial charge in [0.1, 0.15) is 11.6 Å². The van der Waals surface area contributed by atoms with Crippen LogP contribution in [0.4, 0.5) is 11.4 Å². The summed E-state index contributed by atoms with van der Waals surface area (Å²) >= 11 is 0. The predicted octanol–water partition coefficient (Wildman–Crippen LogP) is 6.62. The molecule has 2 aliphatic rings. The molecular weight excluding hydrogens is 458 g/mol. The van der Waals surface area contributed by atoms with Crippen molar-refractivity contribution >= 4 is 40.0 Å². The molecular formula is C31H33N5O. The molecule has 6 rings (SSSR count). The molecule has 188 valence electrons. The molecule has 0 spiro atoms. The summed E-state index contributed by atoms with van der Waals surface area (Å²) in [6.45, 7) is 12.6. The van der Waals surface area contributed by atoms with Crippen molar-refractivity contribution in [1.82, 2.24) is 9.55 Å². The number of para-hydroxylation sites is 2. The molecule has 6 heteroatoms. The zero-order chi connectivity index (χ0) is 25.5. The van der Waals surface area contributed by atoms with E-state index in [2.05, 4.69) is 109 Å². The van der Waals surface area contributed by atoms with Crippen LogP contribution in [0.3, 0.4) is 0 Å². The number of ether oxygens (including phenoxy) is 1. The Morgan fingerprint density at radius 3 is 2.22 bits per heavy atom. The second-order valence-electron chi connectivity index (χ2n) is 9.42. The SMILES string of the molecule is CCN(CC)c1ccc([C@H]2N=C3Oc4cc(N(CC)CC)ccc4C=C3c3nc4ccccc4n32)cc1. The van der Waals surface area contributed by atoms with Gasteiger partial charge in [-0.25, -0.2) is 9.98 Å². The average Bonchev–Trinajstić information content (AvgIpc) is 3.33. The second kappa shape index (κ2) is 9.43. The van der Waals surface area contributed by atoms with E-state index in [4.69, 9.17) is 14.7 Å². The molecule has 0 fully saturated rings. The molecule has 2 aliphatic heterocycles. The van der Waals surface area contributed by atoms with Crippen molar-refractivity contribution in [2.45, 2.75) is 33.9 Å². The molecule has 0 amide bonds. The summed E-state index contributed by atoms with van der Waals surface area (Å²) < 4.78 is 8.76. The molecule has 3 aromatic carbocycles. The van der Waals surface area contributed by atoms with Crippen molar-refractivity contribution in [3.63, 3.8) is 0 Å². The van der Waals surface area contributed by atoms with E-state index in [0.29, 0.717) is 5.90 Å². The summed E-state index contributed by atoms with van der Waals surface area (Å²) in [6.07, 6.45) is 1.91. The van der Waals surface area contributed by atoms with Gasteiger partial charge in [0.2, 0.25) is 5.90 Å². The summed E-state index contributed by atoms with van der Waals surface area (Å²) in [7, 11) is 0. The number of nitrogens with zero attached hydrogens (tertiary/aromatic N) is 5. The number of benzene rings is 3. The lowest BCUT2D eigenvalue weighted by Crippen LogP contribution is -2.27. The van der Waals surface area contributed by atoms with Gasteiger partial charge in [0.05, 0.1) is 16.6 Å². The molecule has 6 nitrogen and oxygen atoms in total. The average molecular weight is 492 g/mol. The van der Waals surface area contributed by atoms with Crippen molar-refractivity contribution < 1.29 is 4.74 Å². The lowest BCUT2D eigenvalue weighted by molar-refractivity contribution is 0.515. The lowest BCUT2D eigenvalue weighted by Gasteiger charge is -2.30. The van der Waals surface area contributed by atoms with Crippen LogP contribution in [0, 0.1) is 0 Å². The van der Waals surface area contributed by atoms with Gasteiger partial charge in [0.25, 0.3) is 0 Å². The monoisotopic (exact) mass is 491 g/mol. The summed E-state index contributed by atoms with van der Waals surface area (Å²) in [4.78, 5) is 14.9. The van der Waals surface area contributed by atoms with Gasteiger partial charge in [0.15, 0.2) is 6.17 Å². The van der Waals surface area contributed by atoms with Crippen LogP contribution >= 0.6 is 0 Å². The summed E-state index contributed by atoms with van der Waals surface area (Å²) in [5, 5.41) is 0. The fourth-order valence-corrected chi connectivity index (χ4v) is 5.47. The van der Waals surface area contributed by atoms with Crippen LogP contribution in [0.5, 0.6) is 5.75 Å². The quantitative estimate of drug-likeness (QED) is 0.291. The molecule has 0 saturated heterocycles. The number of hydrogen-bond donors (Lipinski definition) is 0. The predicted molar refractivity (Wildman–Crippen MR) is 154 cm³/mol. The Hall–Kier alpha value is -4.06. The van der Waals surface area contributed by atoms with Crippen LogP contribution in [-0.2, 0) is 0 Å². The maximum Gasteiger partial charge on any atom is 0.228 e. The molecule has 37 heavy (non-hydrogen) atoms. The van der Waals surface area contributed by atoms with E-state index in [1.807, 2.05) is 6.07 Å². The van der Waals surface area contributed by atoms with Crippen LogP contribution in [-0.4, -0.2) is 41.6 Å². The maximum atomic E-state index is 6.51. The van der Waals surface area contributed by atoms with Gasteiger partial charge in [-0.1, -0.05) is 24.3 Å². The third kappa shape index (κ3) is 3.88. The smallest absolute Gasteiger partial charge is 0.228 e. The first-order chi connectivity index (χ1) is 18.1. The van der Waals surface area contributed by atoms with Gasteiger partial charge in [-0.15, -0.1) is 0 Å². The third-order valence-electron chi connectivity index (χ3n) is 7.50. The van der Waals surface area contributed by atoms with E-state index in [9.17, 15) is 0 Å². The Bertz CT molecular complexity index is 1510. The van der Waals surface area contributed by atoms with Gasteiger partial charge in [-0.2, -0.15) is 0 Å². The first-order valence-corrected chi connectivity index (χ1v) is 13.3. The molecule has 0 bridgehead atoms. The Kier molecular flexibility index (Phi) is 5.95. The molecule has 1 atom stereocenters. The Morgan fingerprint density at radius 2 is 1.49 bits per heavy atom. The number of aliphatic imine (C=N–C) groups is 1. The zero-order valence-corrected chi connectivity index (χ0v) is 22.0. The van der Waals surface area contributed by atoms with Crippen molar-refractivity contribution in [2.24, 2.45) is 4.99 Å². The number of fused-ring (bicyclic) bond motifs is 6. The first kappa shape index (κ1) is 23.3. The van der Waals surface area contributed by atoms with Crippen molar-refractivity contribution in [1.29, 1.82) is 0 Å². The molecule has 4 aromatic rings. The molecule has 0 saturated carbocycles. The normalized spacial score (nSPS) is 15.7. The Balaban J connectivity index is 1.48. The summed E-state index contributed by atoms with van der Waals surface area (Å²) in [5.74, 6) is 2.36. The van der Waals surface area contributed by atoms with E-state index in [1.54, 1.807) is 0 Å². The Morgan fingerprint density at radius 1 is 0.811 bits per heavy atom. The van der Waals surface area contributed by atoms with Crippen molar-refractivity contribution in [3.05, 3.63) is 83.7 Å². The van der Waals surface area contributed by atoms with Crippen molar-refractivity contribution in [3.8, 4) is 5.75 Å². The fraction of sp³-hybridized carbons (Fsp3) is 0.290. The van der Waals surface area contributed by atoms with E-state index in [0.717, 1.165) is 71.2 Å². The number of hydrogen-bond acceptors (Lipinski definition) is 5. The molecule has 0 N–H and O–H groups in total. The molecule has 3 heterocycles.